The molecule has 0 aromatic carbocycles. The van der Waals surface area contributed by atoms with Gasteiger partial charge >= 0.3 is 5.69 Å². The fraction of sp³-hybridized carbons (Fsp3) is 0. The van der Waals surface area contributed by atoms with Gasteiger partial charge in [0, 0.05) is 6.07 Å². The lowest BCUT2D eigenvalue weighted by atomic mass is 10.4. The molecular weight excluding hydrogens is 228 g/mol. The van der Waals surface area contributed by atoms with E-state index in [0.29, 0.717) is 0 Å². The highest BCUT2D eigenvalue weighted by Gasteiger charge is 2.19. The minimum Gasteiger partial charge on any atom is -0.530 e. The molecule has 1 rings (SSSR count). The van der Waals surface area contributed by atoms with Gasteiger partial charge in [-0.2, -0.15) is 0 Å². The minimum absolute atomic E-state index is 0.233. The second-order valence-electron chi connectivity index (χ2n) is 2.39. The van der Waals surface area contributed by atoms with E-state index >= 15 is 0 Å². The Bertz CT molecular complexity index is 412. The maximum absolute atomic E-state index is 10.4. The van der Waals surface area contributed by atoms with Crippen LogP contribution in [0.4, 0.5) is 22.1 Å². The first-order valence-electron chi connectivity index (χ1n) is 3.50. The number of aromatic nitrogens is 1. The van der Waals surface area contributed by atoms with E-state index in [4.69, 9.17) is 17.3 Å². The number of hydrogen-bond donors (Lipinski definition) is 2. The van der Waals surface area contributed by atoms with Gasteiger partial charge in [0.1, 0.15) is 16.9 Å². The van der Waals surface area contributed by atoms with E-state index < -0.39 is 22.5 Å². The number of nitrogens with two attached hydrogens (primary N) is 1. The Balaban J connectivity index is 3.19. The van der Waals surface area contributed by atoms with Crippen molar-refractivity contribution in [2.75, 3.05) is 11.1 Å². The molecule has 0 unspecified atom stereocenters. The van der Waals surface area contributed by atoms with Crippen molar-refractivity contribution >= 4 is 35.0 Å². The van der Waals surface area contributed by atoms with Crippen LogP contribution in [0.15, 0.2) is 6.07 Å². The molecule has 0 aliphatic carbocycles. The van der Waals surface area contributed by atoms with E-state index in [2.05, 4.69) is 4.98 Å². The molecule has 0 fully saturated rings. The summed E-state index contributed by atoms with van der Waals surface area (Å²) in [6, 6.07) is 0.964. The number of halogens is 1. The largest absolute Gasteiger partial charge is 0.530 e. The third-order valence-electron chi connectivity index (χ3n) is 1.39. The zero-order chi connectivity index (χ0) is 11.6. The molecule has 0 spiro atoms. The number of rotatable bonds is 2. The first kappa shape index (κ1) is 11.0. The molecular formula is C6H4ClN4O4-. The quantitative estimate of drug-likeness (QED) is 0.542. The van der Waals surface area contributed by atoms with Gasteiger partial charge in [0.25, 0.3) is 0 Å². The lowest BCUT2D eigenvalue weighted by Crippen LogP contribution is -2.29. The van der Waals surface area contributed by atoms with Crippen LogP contribution in [0.5, 0.6) is 0 Å². The Morgan fingerprint density at radius 1 is 1.67 bits per heavy atom. The van der Waals surface area contributed by atoms with Crippen molar-refractivity contribution < 1.29 is 14.8 Å². The first-order chi connectivity index (χ1) is 6.91. The number of anilines is 2. The lowest BCUT2D eigenvalue weighted by molar-refractivity contribution is -0.384. The van der Waals surface area contributed by atoms with Gasteiger partial charge in [0.15, 0.2) is 0 Å². The van der Waals surface area contributed by atoms with Crippen LogP contribution in [0, 0.1) is 10.1 Å². The first-order valence-corrected chi connectivity index (χ1v) is 3.88. The van der Waals surface area contributed by atoms with Crippen molar-refractivity contribution in [3.8, 4) is 0 Å². The molecule has 0 saturated heterocycles. The molecule has 0 aliphatic heterocycles. The van der Waals surface area contributed by atoms with Crippen molar-refractivity contribution in [2.45, 2.75) is 0 Å². The fourth-order valence-corrected chi connectivity index (χ4v) is 1.14. The maximum atomic E-state index is 10.4. The number of carbonyl (C=O) groups is 1. The number of carbonyl (C=O) groups excluding carboxylic acids is 1. The van der Waals surface area contributed by atoms with Gasteiger partial charge in [-0.25, -0.2) is 4.98 Å². The molecule has 1 amide bonds. The fourth-order valence-electron chi connectivity index (χ4n) is 0.875. The molecule has 80 valence electrons. The third-order valence-corrected chi connectivity index (χ3v) is 1.67. The number of nitro groups is 1. The molecule has 8 nitrogen and oxygen atoms in total. The summed E-state index contributed by atoms with van der Waals surface area (Å²) in [5.74, 6) is -0.709. The molecule has 3 N–H and O–H groups in total. The van der Waals surface area contributed by atoms with Gasteiger partial charge in [0.2, 0.25) is 5.82 Å². The molecule has 0 aliphatic rings. The van der Waals surface area contributed by atoms with Crippen molar-refractivity contribution in [3.63, 3.8) is 0 Å². The maximum Gasteiger partial charge on any atom is 0.329 e. The third kappa shape index (κ3) is 2.44. The number of hydrogen-bond acceptors (Lipinski definition) is 6. The highest BCUT2D eigenvalue weighted by molar-refractivity contribution is 6.33. The van der Waals surface area contributed by atoms with E-state index in [0.717, 1.165) is 6.07 Å². The summed E-state index contributed by atoms with van der Waals surface area (Å²) in [5, 5.41) is 22.0. The van der Waals surface area contributed by atoms with E-state index in [1.54, 1.807) is 5.32 Å². The van der Waals surface area contributed by atoms with Crippen LogP contribution < -0.4 is 16.2 Å². The molecule has 1 aromatic heterocycles. The summed E-state index contributed by atoms with van der Waals surface area (Å²) in [7, 11) is 0. The van der Waals surface area contributed by atoms with Crippen molar-refractivity contribution in [3.05, 3.63) is 21.2 Å². The number of nitrogens with zero attached hydrogens (tertiary/aromatic N) is 2. The minimum atomic E-state index is -1.62. The highest BCUT2D eigenvalue weighted by Crippen LogP contribution is 2.31. The Morgan fingerprint density at radius 2 is 2.27 bits per heavy atom. The van der Waals surface area contributed by atoms with Crippen molar-refractivity contribution in [1.82, 2.24) is 4.98 Å². The monoisotopic (exact) mass is 231 g/mol. The van der Waals surface area contributed by atoms with Crippen LogP contribution in [-0.4, -0.2) is 16.0 Å². The van der Waals surface area contributed by atoms with Gasteiger partial charge in [-0.3, -0.25) is 10.1 Å². The summed E-state index contributed by atoms with van der Waals surface area (Å²) in [6.07, 6.45) is -1.62. The molecule has 1 heterocycles. The lowest BCUT2D eigenvalue weighted by Gasteiger charge is -2.06. The second-order valence-corrected chi connectivity index (χ2v) is 2.80. The smallest absolute Gasteiger partial charge is 0.329 e. The van der Waals surface area contributed by atoms with E-state index in [9.17, 15) is 20.0 Å². The summed E-state index contributed by atoms with van der Waals surface area (Å²) in [5.41, 5.74) is 4.64. The Morgan fingerprint density at radius 3 is 2.67 bits per heavy atom. The predicted molar refractivity (Wildman–Crippen MR) is 49.3 cm³/mol. The zero-order valence-corrected chi connectivity index (χ0v) is 7.82. The molecule has 15 heavy (non-hydrogen) atoms. The average Bonchev–Trinajstić information content (AvgIpc) is 1.99. The summed E-state index contributed by atoms with van der Waals surface area (Å²) < 4.78 is 0. The van der Waals surface area contributed by atoms with Crippen LogP contribution in [0.25, 0.3) is 0 Å². The summed E-state index contributed by atoms with van der Waals surface area (Å²) >= 11 is 5.50. The Kier molecular flexibility index (Phi) is 2.90. The zero-order valence-electron chi connectivity index (χ0n) is 7.06. The van der Waals surface area contributed by atoms with Crippen molar-refractivity contribution in [1.29, 1.82) is 0 Å². The Labute approximate surface area is 87.8 Å². The predicted octanol–water partition coefficient (Wildman–Crippen LogP) is -0.0194. The van der Waals surface area contributed by atoms with Crippen LogP contribution in [0.3, 0.4) is 0 Å². The SMILES string of the molecule is Nc1nc(NC(=O)[O-])cc(Cl)c1[N+](=O)[O-]. The van der Waals surface area contributed by atoms with Gasteiger partial charge in [-0.1, -0.05) is 11.6 Å². The molecule has 1 aromatic rings. The molecule has 0 atom stereocenters. The highest BCUT2D eigenvalue weighted by atomic mass is 35.5. The molecule has 0 radical (unpaired) electrons. The number of nitrogens with one attached hydrogen (secondary N) is 1. The van der Waals surface area contributed by atoms with Crippen LogP contribution in [-0.2, 0) is 0 Å². The van der Waals surface area contributed by atoms with Crippen LogP contribution in [0.2, 0.25) is 5.02 Å². The normalized spacial score (nSPS) is 9.67. The number of carboxylic acid groups (broad SMARTS) is 1. The molecule has 0 saturated carbocycles. The number of amides is 1. The second kappa shape index (κ2) is 3.96. The summed E-state index contributed by atoms with van der Waals surface area (Å²) in [6.45, 7) is 0. The van der Waals surface area contributed by atoms with Gasteiger partial charge in [-0.15, -0.1) is 0 Å². The van der Waals surface area contributed by atoms with Crippen molar-refractivity contribution in [2.24, 2.45) is 0 Å². The Hall–Kier alpha value is -2.09. The molecule has 0 bridgehead atoms. The van der Waals surface area contributed by atoms with E-state index in [-0.39, 0.29) is 10.8 Å². The standard InChI is InChI=1S/C6H5ClN4O4/c7-2-1-3(10-6(12)13)9-5(8)4(2)11(14)15/h1H,(H,12,13)(H3,8,9,10)/p-1. The van der Waals surface area contributed by atoms with Gasteiger partial charge < -0.3 is 21.0 Å². The molecule has 9 heteroatoms. The number of pyridine rings is 1. The van der Waals surface area contributed by atoms with Crippen LogP contribution >= 0.6 is 11.6 Å². The summed E-state index contributed by atoms with van der Waals surface area (Å²) in [4.78, 5) is 23.2. The number of nitrogen functional groups attached to an aromatic ring is 1. The average molecular weight is 232 g/mol. The van der Waals surface area contributed by atoms with Gasteiger partial charge in [-0.05, 0) is 0 Å². The van der Waals surface area contributed by atoms with Crippen LogP contribution in [0.1, 0.15) is 0 Å². The van der Waals surface area contributed by atoms with Gasteiger partial charge in [0.05, 0.1) is 4.92 Å². The van der Waals surface area contributed by atoms with E-state index in [1.807, 2.05) is 0 Å². The topological polar surface area (TPSA) is 134 Å². The van der Waals surface area contributed by atoms with E-state index in [1.165, 1.54) is 0 Å².